The van der Waals surface area contributed by atoms with Crippen LogP contribution in [0, 0.1) is 5.82 Å². The van der Waals surface area contributed by atoms with Gasteiger partial charge >= 0.3 is 0 Å². The molecule has 0 fully saturated rings. The van der Waals surface area contributed by atoms with Crippen molar-refractivity contribution < 1.29 is 9.18 Å². The van der Waals surface area contributed by atoms with Crippen molar-refractivity contribution in [2.45, 2.75) is 6.54 Å². The van der Waals surface area contributed by atoms with E-state index in [0.717, 1.165) is 0 Å². The fourth-order valence-corrected chi connectivity index (χ4v) is 3.19. The Kier molecular flexibility index (Phi) is 4.68. The van der Waals surface area contributed by atoms with Crippen LogP contribution >= 0.6 is 0 Å². The summed E-state index contributed by atoms with van der Waals surface area (Å²) in [7, 11) is 0. The molecule has 4 aromatic rings. The lowest BCUT2D eigenvalue weighted by atomic mass is 10.1. The summed E-state index contributed by atoms with van der Waals surface area (Å²) in [6.45, 7) is -0.0121. The van der Waals surface area contributed by atoms with Crippen molar-refractivity contribution in [1.82, 2.24) is 9.99 Å². The highest BCUT2D eigenvalue weighted by molar-refractivity contribution is 5.95. The molecule has 0 bridgehead atoms. The quantitative estimate of drug-likeness (QED) is 0.338. The molecule has 1 heterocycles. The number of carbonyl (C=O) groups excluding carboxylic acids is 1. The Morgan fingerprint density at radius 2 is 1.61 bits per heavy atom. The highest BCUT2D eigenvalue weighted by Crippen LogP contribution is 2.18. The summed E-state index contributed by atoms with van der Waals surface area (Å²) in [5.41, 5.74) is 4.28. The zero-order chi connectivity index (χ0) is 19.5. The number of amides is 1. The number of hydrogen-bond acceptors (Lipinski definition) is 3. The number of carbonyl (C=O) groups is 1. The van der Waals surface area contributed by atoms with Gasteiger partial charge < -0.3 is 4.57 Å². The van der Waals surface area contributed by atoms with Crippen LogP contribution in [0.5, 0.6) is 0 Å². The van der Waals surface area contributed by atoms with Gasteiger partial charge in [0.25, 0.3) is 5.91 Å². The number of pyridine rings is 1. The van der Waals surface area contributed by atoms with Crippen LogP contribution in [0.25, 0.3) is 21.8 Å². The molecule has 0 aliphatic carbocycles. The van der Waals surface area contributed by atoms with Gasteiger partial charge in [0.1, 0.15) is 12.4 Å². The minimum Gasteiger partial charge on any atom is -0.331 e. The monoisotopic (exact) mass is 373 g/mol. The first-order valence-electron chi connectivity index (χ1n) is 8.71. The number of halogens is 1. The van der Waals surface area contributed by atoms with E-state index >= 15 is 0 Å². The molecule has 3 aromatic carbocycles. The Labute approximate surface area is 159 Å². The van der Waals surface area contributed by atoms with E-state index in [4.69, 9.17) is 0 Å². The molecule has 0 aliphatic rings. The summed E-state index contributed by atoms with van der Waals surface area (Å²) in [5.74, 6) is -0.729. The van der Waals surface area contributed by atoms with Crippen LogP contribution in [-0.2, 0) is 11.3 Å². The minimum atomic E-state index is -0.374. The number of aromatic nitrogens is 1. The summed E-state index contributed by atoms with van der Waals surface area (Å²) in [5, 5.41) is 5.00. The fourth-order valence-electron chi connectivity index (χ4n) is 3.19. The maximum Gasteiger partial charge on any atom is 0.260 e. The third kappa shape index (κ3) is 3.40. The van der Waals surface area contributed by atoms with Crippen molar-refractivity contribution in [2.75, 3.05) is 0 Å². The first-order valence-corrected chi connectivity index (χ1v) is 8.71. The molecule has 138 valence electrons. The highest BCUT2D eigenvalue weighted by atomic mass is 19.1. The molecule has 0 radical (unpaired) electrons. The molecular weight excluding hydrogens is 357 g/mol. The summed E-state index contributed by atoms with van der Waals surface area (Å²) < 4.78 is 15.0. The molecule has 0 atom stereocenters. The second-order valence-electron chi connectivity index (χ2n) is 6.30. The maximum absolute atomic E-state index is 13.2. The number of nitrogens with zero attached hydrogens (tertiary/aromatic N) is 2. The average molecular weight is 373 g/mol. The van der Waals surface area contributed by atoms with Crippen molar-refractivity contribution in [3.63, 3.8) is 0 Å². The van der Waals surface area contributed by atoms with Gasteiger partial charge in [0.05, 0.1) is 17.2 Å². The second-order valence-corrected chi connectivity index (χ2v) is 6.30. The normalized spacial score (nSPS) is 11.3. The molecule has 6 heteroatoms. The third-order valence-corrected chi connectivity index (χ3v) is 4.43. The molecule has 0 saturated carbocycles. The van der Waals surface area contributed by atoms with E-state index in [1.807, 2.05) is 24.3 Å². The van der Waals surface area contributed by atoms with E-state index in [2.05, 4.69) is 10.5 Å². The van der Waals surface area contributed by atoms with E-state index in [-0.39, 0.29) is 23.7 Å². The highest BCUT2D eigenvalue weighted by Gasteiger charge is 2.12. The van der Waals surface area contributed by atoms with Gasteiger partial charge in [0, 0.05) is 10.8 Å². The molecule has 0 unspecified atom stereocenters. The molecule has 4 rings (SSSR count). The third-order valence-electron chi connectivity index (χ3n) is 4.43. The molecule has 1 aromatic heterocycles. The summed E-state index contributed by atoms with van der Waals surface area (Å²) in [4.78, 5) is 25.2. The molecule has 0 saturated heterocycles. The molecule has 5 nitrogen and oxygen atoms in total. The largest absolute Gasteiger partial charge is 0.331 e. The van der Waals surface area contributed by atoms with Gasteiger partial charge in [-0.1, -0.05) is 36.4 Å². The van der Waals surface area contributed by atoms with Crippen molar-refractivity contribution in [1.29, 1.82) is 0 Å². The molecule has 0 spiro atoms. The van der Waals surface area contributed by atoms with E-state index in [9.17, 15) is 14.0 Å². The SMILES string of the molecule is O=C(Cn1c2ccccc2c(=O)c2ccccc21)N/N=C\c1cccc(F)c1. The molecular formula is C22H16FN3O2. The Bertz CT molecular complexity index is 1220. The van der Waals surface area contributed by atoms with Crippen LogP contribution in [0.4, 0.5) is 4.39 Å². The molecule has 0 aliphatic heterocycles. The number of fused-ring (bicyclic) bond motifs is 2. The zero-order valence-corrected chi connectivity index (χ0v) is 14.8. The van der Waals surface area contributed by atoms with Gasteiger partial charge in [-0.05, 0) is 42.0 Å². The van der Waals surface area contributed by atoms with Gasteiger partial charge in [-0.15, -0.1) is 0 Å². The molecule has 1 amide bonds. The molecule has 28 heavy (non-hydrogen) atoms. The summed E-state index contributed by atoms with van der Waals surface area (Å²) in [6, 6.07) is 20.3. The van der Waals surface area contributed by atoms with Crippen LogP contribution in [0.2, 0.25) is 0 Å². The summed E-state index contributed by atoms with van der Waals surface area (Å²) >= 11 is 0. The molecule has 1 N–H and O–H groups in total. The number of benzene rings is 3. The van der Waals surface area contributed by atoms with Gasteiger partial charge in [0.15, 0.2) is 5.43 Å². The standard InChI is InChI=1S/C22H16FN3O2/c23-16-7-5-6-15(12-16)13-24-25-21(27)14-26-19-10-3-1-8-17(19)22(28)18-9-2-4-11-20(18)26/h1-13H,14H2,(H,25,27)/b24-13-. The van der Waals surface area contributed by atoms with Crippen LogP contribution in [-0.4, -0.2) is 16.7 Å². The van der Waals surface area contributed by atoms with Crippen molar-refractivity contribution in [3.05, 3.63) is 94.4 Å². The van der Waals surface area contributed by atoms with Crippen LogP contribution in [0.1, 0.15) is 5.56 Å². The number of para-hydroxylation sites is 2. The average Bonchev–Trinajstić information content (AvgIpc) is 2.71. The maximum atomic E-state index is 13.2. The predicted octanol–water partition coefficient (Wildman–Crippen LogP) is 3.44. The van der Waals surface area contributed by atoms with Gasteiger partial charge in [0.2, 0.25) is 0 Å². The zero-order valence-electron chi connectivity index (χ0n) is 14.8. The van der Waals surface area contributed by atoms with Gasteiger partial charge in [-0.3, -0.25) is 9.59 Å². The summed E-state index contributed by atoms with van der Waals surface area (Å²) in [6.07, 6.45) is 1.38. The van der Waals surface area contributed by atoms with Crippen LogP contribution in [0.15, 0.2) is 82.7 Å². The Hall–Kier alpha value is -3.80. The van der Waals surface area contributed by atoms with Crippen molar-refractivity contribution in [2.24, 2.45) is 5.10 Å². The van der Waals surface area contributed by atoms with Crippen molar-refractivity contribution >= 4 is 33.9 Å². The topological polar surface area (TPSA) is 63.5 Å². The second kappa shape index (κ2) is 7.44. The van der Waals surface area contributed by atoms with Gasteiger partial charge in [-0.2, -0.15) is 5.10 Å². The van der Waals surface area contributed by atoms with E-state index in [1.165, 1.54) is 18.3 Å². The van der Waals surface area contributed by atoms with E-state index < -0.39 is 0 Å². The Morgan fingerprint density at radius 1 is 0.964 bits per heavy atom. The lowest BCUT2D eigenvalue weighted by Crippen LogP contribution is -2.25. The number of hydrogen-bond donors (Lipinski definition) is 1. The fraction of sp³-hybridized carbons (Fsp3) is 0.0455. The first kappa shape index (κ1) is 17.6. The van der Waals surface area contributed by atoms with Gasteiger partial charge in [-0.25, -0.2) is 9.82 Å². The van der Waals surface area contributed by atoms with E-state index in [1.54, 1.807) is 41.0 Å². The van der Waals surface area contributed by atoms with Crippen molar-refractivity contribution in [3.8, 4) is 0 Å². The number of nitrogens with one attached hydrogen (secondary N) is 1. The Morgan fingerprint density at radius 3 is 2.25 bits per heavy atom. The lowest BCUT2D eigenvalue weighted by Gasteiger charge is -2.14. The number of hydrazone groups is 1. The minimum absolute atomic E-state index is 0.0121. The number of rotatable bonds is 4. The predicted molar refractivity (Wildman–Crippen MR) is 108 cm³/mol. The Balaban J connectivity index is 1.66. The van der Waals surface area contributed by atoms with Crippen LogP contribution < -0.4 is 10.9 Å². The van der Waals surface area contributed by atoms with E-state index in [0.29, 0.717) is 27.4 Å². The lowest BCUT2D eigenvalue weighted by molar-refractivity contribution is -0.121. The smallest absolute Gasteiger partial charge is 0.260 e. The first-order chi connectivity index (χ1) is 13.6. The van der Waals surface area contributed by atoms with Crippen LogP contribution in [0.3, 0.4) is 0 Å².